The van der Waals surface area contributed by atoms with Crippen LogP contribution in [0.15, 0.2) is 12.4 Å². The average Bonchev–Trinajstić information content (AvgIpc) is 2.30. The van der Waals surface area contributed by atoms with Gasteiger partial charge in [-0.3, -0.25) is 0 Å². The molecule has 1 rings (SSSR count). The number of aromatic nitrogens is 2. The second kappa shape index (κ2) is 8.66. The zero-order valence-electron chi connectivity index (χ0n) is 10.7. The van der Waals surface area contributed by atoms with Gasteiger partial charge in [-0.15, -0.1) is 0 Å². The van der Waals surface area contributed by atoms with Crippen molar-refractivity contribution in [3.63, 3.8) is 0 Å². The summed E-state index contributed by atoms with van der Waals surface area (Å²) >= 11 is 2.21. The highest BCUT2D eigenvalue weighted by molar-refractivity contribution is 14.1. The van der Waals surface area contributed by atoms with E-state index in [1.54, 1.807) is 0 Å². The van der Waals surface area contributed by atoms with Gasteiger partial charge in [-0.25, -0.2) is 9.97 Å². The van der Waals surface area contributed by atoms with Crippen molar-refractivity contribution in [1.29, 1.82) is 0 Å². The van der Waals surface area contributed by atoms with Crippen molar-refractivity contribution in [2.24, 2.45) is 5.92 Å². The number of hydrogen-bond donors (Lipinski definition) is 1. The highest BCUT2D eigenvalue weighted by Gasteiger charge is 1.96. The Balaban J connectivity index is 1.99. The number of unbranched alkanes of at least 4 members (excludes halogenated alkanes) is 3. The minimum atomic E-state index is 0.743. The van der Waals surface area contributed by atoms with Crippen LogP contribution in [0.25, 0.3) is 0 Å². The van der Waals surface area contributed by atoms with E-state index in [1.165, 1.54) is 32.1 Å². The van der Waals surface area contributed by atoms with Crippen molar-refractivity contribution in [2.45, 2.75) is 46.0 Å². The number of halogens is 1. The Morgan fingerprint density at radius 2 is 1.76 bits per heavy atom. The van der Waals surface area contributed by atoms with Crippen LogP contribution >= 0.6 is 22.6 Å². The lowest BCUT2D eigenvalue weighted by molar-refractivity contribution is 0.523. The van der Waals surface area contributed by atoms with Gasteiger partial charge in [0.25, 0.3) is 0 Å². The normalized spacial score (nSPS) is 10.8. The highest BCUT2D eigenvalue weighted by atomic mass is 127. The molecule has 1 N–H and O–H groups in total. The topological polar surface area (TPSA) is 37.8 Å². The summed E-state index contributed by atoms with van der Waals surface area (Å²) in [5, 5.41) is 3.25. The molecule has 1 heterocycles. The van der Waals surface area contributed by atoms with Crippen LogP contribution < -0.4 is 5.32 Å². The van der Waals surface area contributed by atoms with Crippen molar-refractivity contribution in [3.05, 3.63) is 16.0 Å². The van der Waals surface area contributed by atoms with E-state index in [0.717, 1.165) is 22.0 Å². The van der Waals surface area contributed by atoms with Gasteiger partial charge in [-0.2, -0.15) is 0 Å². The largest absolute Gasteiger partial charge is 0.354 e. The second-order valence-electron chi connectivity index (χ2n) is 4.75. The predicted octanol–water partition coefficient (Wildman–Crippen LogP) is 4.10. The van der Waals surface area contributed by atoms with Gasteiger partial charge in [0.1, 0.15) is 0 Å². The molecule has 0 aromatic carbocycles. The second-order valence-corrected chi connectivity index (χ2v) is 5.99. The van der Waals surface area contributed by atoms with Crippen LogP contribution in [0.3, 0.4) is 0 Å². The monoisotopic (exact) mass is 347 g/mol. The molecule has 0 aliphatic heterocycles. The van der Waals surface area contributed by atoms with E-state index in [1.807, 2.05) is 12.4 Å². The molecule has 0 unspecified atom stereocenters. The first-order valence-corrected chi connectivity index (χ1v) is 7.48. The van der Waals surface area contributed by atoms with Crippen LogP contribution in [0.4, 0.5) is 5.95 Å². The number of anilines is 1. The van der Waals surface area contributed by atoms with Crippen LogP contribution in [0.5, 0.6) is 0 Å². The fraction of sp³-hybridized carbons (Fsp3) is 0.692. The van der Waals surface area contributed by atoms with E-state index < -0.39 is 0 Å². The SMILES string of the molecule is CC(C)CCCCCCNc1ncc(I)cn1. The third-order valence-corrected chi connectivity index (χ3v) is 3.17. The lowest BCUT2D eigenvalue weighted by Gasteiger charge is -2.05. The maximum atomic E-state index is 4.21. The molecule has 3 nitrogen and oxygen atoms in total. The summed E-state index contributed by atoms with van der Waals surface area (Å²) in [6.07, 6.45) is 10.2. The zero-order chi connectivity index (χ0) is 12.5. The van der Waals surface area contributed by atoms with Crippen LogP contribution in [0, 0.1) is 9.49 Å². The summed E-state index contributed by atoms with van der Waals surface area (Å²) in [5.74, 6) is 1.58. The smallest absolute Gasteiger partial charge is 0.222 e. The molecule has 17 heavy (non-hydrogen) atoms. The van der Waals surface area contributed by atoms with E-state index in [-0.39, 0.29) is 0 Å². The van der Waals surface area contributed by atoms with E-state index in [4.69, 9.17) is 0 Å². The molecule has 0 radical (unpaired) electrons. The van der Waals surface area contributed by atoms with Crippen LogP contribution in [0.1, 0.15) is 46.0 Å². The predicted molar refractivity (Wildman–Crippen MR) is 81.2 cm³/mol. The minimum absolute atomic E-state index is 0.743. The summed E-state index contributed by atoms with van der Waals surface area (Å²) in [6, 6.07) is 0. The Morgan fingerprint density at radius 1 is 1.12 bits per heavy atom. The lowest BCUT2D eigenvalue weighted by atomic mass is 10.0. The Bertz CT molecular complexity index is 298. The van der Waals surface area contributed by atoms with Crippen LogP contribution in [0.2, 0.25) is 0 Å². The van der Waals surface area contributed by atoms with Gasteiger partial charge in [-0.1, -0.05) is 39.5 Å². The lowest BCUT2D eigenvalue weighted by Crippen LogP contribution is -2.05. The molecular formula is C13H22IN3. The fourth-order valence-electron chi connectivity index (χ4n) is 1.63. The minimum Gasteiger partial charge on any atom is -0.354 e. The number of rotatable bonds is 8. The molecule has 0 bridgehead atoms. The van der Waals surface area contributed by atoms with Crippen molar-refractivity contribution in [1.82, 2.24) is 9.97 Å². The molecule has 0 saturated heterocycles. The Kier molecular flexibility index (Phi) is 7.48. The molecule has 1 aromatic heterocycles. The van der Waals surface area contributed by atoms with Gasteiger partial charge < -0.3 is 5.32 Å². The highest BCUT2D eigenvalue weighted by Crippen LogP contribution is 2.09. The summed E-state index contributed by atoms with van der Waals surface area (Å²) in [4.78, 5) is 8.41. The molecule has 0 amide bonds. The molecule has 96 valence electrons. The molecule has 0 saturated carbocycles. The summed E-state index contributed by atoms with van der Waals surface area (Å²) < 4.78 is 1.07. The van der Waals surface area contributed by atoms with Gasteiger partial charge in [0.2, 0.25) is 5.95 Å². The van der Waals surface area contributed by atoms with E-state index in [9.17, 15) is 0 Å². The number of hydrogen-bond acceptors (Lipinski definition) is 3. The van der Waals surface area contributed by atoms with Crippen molar-refractivity contribution < 1.29 is 0 Å². The molecular weight excluding hydrogens is 325 g/mol. The molecule has 0 atom stereocenters. The first-order chi connectivity index (χ1) is 8.18. The van der Waals surface area contributed by atoms with Crippen molar-refractivity contribution >= 4 is 28.5 Å². The summed E-state index contributed by atoms with van der Waals surface area (Å²) in [6.45, 7) is 5.55. The van der Waals surface area contributed by atoms with Crippen molar-refractivity contribution in [3.8, 4) is 0 Å². The van der Waals surface area contributed by atoms with Crippen LogP contribution in [-0.4, -0.2) is 16.5 Å². The van der Waals surface area contributed by atoms with E-state index in [2.05, 4.69) is 51.7 Å². The van der Waals surface area contributed by atoms with Gasteiger partial charge in [0.15, 0.2) is 0 Å². The van der Waals surface area contributed by atoms with Crippen LogP contribution in [-0.2, 0) is 0 Å². The molecule has 0 fully saturated rings. The molecule has 0 spiro atoms. The van der Waals surface area contributed by atoms with E-state index in [0.29, 0.717) is 0 Å². The van der Waals surface area contributed by atoms with Gasteiger partial charge >= 0.3 is 0 Å². The maximum absolute atomic E-state index is 4.21. The standard InChI is InChI=1S/C13H22IN3/c1-11(2)7-5-3-4-6-8-15-13-16-9-12(14)10-17-13/h9-11H,3-8H2,1-2H3,(H,15,16,17). The Morgan fingerprint density at radius 3 is 2.41 bits per heavy atom. The Labute approximate surface area is 118 Å². The van der Waals surface area contributed by atoms with Crippen molar-refractivity contribution in [2.75, 3.05) is 11.9 Å². The average molecular weight is 347 g/mol. The summed E-state index contributed by atoms with van der Waals surface area (Å²) in [5.41, 5.74) is 0. The third kappa shape index (κ3) is 7.52. The first kappa shape index (κ1) is 14.7. The molecule has 4 heteroatoms. The fourth-order valence-corrected chi connectivity index (χ4v) is 1.91. The quantitative estimate of drug-likeness (QED) is 0.568. The van der Waals surface area contributed by atoms with Gasteiger partial charge in [-0.05, 0) is 34.9 Å². The third-order valence-electron chi connectivity index (χ3n) is 2.61. The molecule has 0 aliphatic carbocycles. The zero-order valence-corrected chi connectivity index (χ0v) is 12.9. The number of nitrogens with zero attached hydrogens (tertiary/aromatic N) is 2. The van der Waals surface area contributed by atoms with Gasteiger partial charge in [0.05, 0.1) is 0 Å². The number of nitrogens with one attached hydrogen (secondary N) is 1. The molecule has 0 aliphatic rings. The first-order valence-electron chi connectivity index (χ1n) is 6.40. The molecule has 1 aromatic rings. The maximum Gasteiger partial charge on any atom is 0.222 e. The summed E-state index contributed by atoms with van der Waals surface area (Å²) in [7, 11) is 0. The Hall–Kier alpha value is -0.390. The van der Waals surface area contributed by atoms with Gasteiger partial charge in [0, 0.05) is 22.5 Å². The van der Waals surface area contributed by atoms with E-state index >= 15 is 0 Å².